The zero-order valence-electron chi connectivity index (χ0n) is 4.46. The van der Waals surface area contributed by atoms with Crippen LogP contribution in [0.3, 0.4) is 0 Å². The highest BCUT2D eigenvalue weighted by molar-refractivity contribution is 7.80. The molecule has 0 bridgehead atoms. The van der Waals surface area contributed by atoms with Crippen LogP contribution in [0.1, 0.15) is 6.42 Å². The Bertz CT molecular complexity index is 103. The molecule has 8 heavy (non-hydrogen) atoms. The highest BCUT2D eigenvalue weighted by Gasteiger charge is 2.21. The molecule has 46 valence electrons. The molecule has 0 saturated carbocycles. The van der Waals surface area contributed by atoms with Crippen molar-refractivity contribution in [3.8, 4) is 0 Å². The summed E-state index contributed by atoms with van der Waals surface area (Å²) in [5.41, 5.74) is 0. The second kappa shape index (κ2) is 2.40. The van der Waals surface area contributed by atoms with Crippen molar-refractivity contribution in [2.75, 3.05) is 12.4 Å². The molecule has 2 nitrogen and oxygen atoms in total. The first-order valence-electron chi connectivity index (χ1n) is 2.59. The Morgan fingerprint density at radius 2 is 2.62 bits per heavy atom. The van der Waals surface area contributed by atoms with E-state index in [1.54, 1.807) is 0 Å². The molecule has 1 rings (SSSR count). The normalized spacial score (nSPS) is 28.1. The molecule has 0 aliphatic carbocycles. The van der Waals surface area contributed by atoms with Crippen LogP contribution >= 0.6 is 12.6 Å². The average molecular weight is 132 g/mol. The van der Waals surface area contributed by atoms with Crippen molar-refractivity contribution < 1.29 is 9.53 Å². The number of cyclic esters (lactones) is 1. The summed E-state index contributed by atoms with van der Waals surface area (Å²) in [6.45, 7) is 0.572. The molecule has 0 spiro atoms. The summed E-state index contributed by atoms with van der Waals surface area (Å²) in [7, 11) is 0. The third-order valence-corrected chi connectivity index (χ3v) is 1.71. The lowest BCUT2D eigenvalue weighted by atomic mass is 10.2. The van der Waals surface area contributed by atoms with Gasteiger partial charge in [0.25, 0.3) is 0 Å². The van der Waals surface area contributed by atoms with Crippen molar-refractivity contribution in [3.63, 3.8) is 0 Å². The first-order valence-corrected chi connectivity index (χ1v) is 3.22. The van der Waals surface area contributed by atoms with Crippen molar-refractivity contribution in [1.82, 2.24) is 0 Å². The van der Waals surface area contributed by atoms with E-state index < -0.39 is 0 Å². The van der Waals surface area contributed by atoms with Crippen LogP contribution in [0, 0.1) is 5.92 Å². The van der Waals surface area contributed by atoms with Gasteiger partial charge < -0.3 is 4.74 Å². The van der Waals surface area contributed by atoms with E-state index in [-0.39, 0.29) is 5.97 Å². The minimum absolute atomic E-state index is 0.0796. The van der Waals surface area contributed by atoms with Gasteiger partial charge in [-0.15, -0.1) is 0 Å². The van der Waals surface area contributed by atoms with Gasteiger partial charge in [0.2, 0.25) is 0 Å². The maximum absolute atomic E-state index is 10.4. The molecular weight excluding hydrogens is 124 g/mol. The predicted molar refractivity (Wildman–Crippen MR) is 32.9 cm³/mol. The lowest BCUT2D eigenvalue weighted by Crippen LogP contribution is -1.99. The Morgan fingerprint density at radius 1 is 1.88 bits per heavy atom. The van der Waals surface area contributed by atoms with Crippen LogP contribution in [0.2, 0.25) is 0 Å². The first kappa shape index (κ1) is 5.95. The van der Waals surface area contributed by atoms with Gasteiger partial charge in [-0.05, 0) is 5.75 Å². The molecule has 0 amide bonds. The molecule has 1 aliphatic heterocycles. The highest BCUT2D eigenvalue weighted by atomic mass is 32.1. The molecule has 1 atom stereocenters. The Morgan fingerprint density at radius 3 is 2.88 bits per heavy atom. The minimum atomic E-state index is -0.0796. The number of ether oxygens (including phenoxy) is 1. The fourth-order valence-electron chi connectivity index (χ4n) is 0.682. The molecule has 0 N–H and O–H groups in total. The van der Waals surface area contributed by atoms with E-state index in [0.29, 0.717) is 18.9 Å². The van der Waals surface area contributed by atoms with Gasteiger partial charge in [-0.2, -0.15) is 12.6 Å². The maximum Gasteiger partial charge on any atom is 0.306 e. The van der Waals surface area contributed by atoms with E-state index >= 15 is 0 Å². The molecule has 0 aromatic carbocycles. The number of thiol groups is 1. The number of carbonyl (C=O) groups is 1. The SMILES string of the molecule is O=C1C[C@@H](CS)CO1. The predicted octanol–water partition coefficient (Wildman–Crippen LogP) is 0.479. The summed E-state index contributed by atoms with van der Waals surface area (Å²) in [4.78, 5) is 10.4. The van der Waals surface area contributed by atoms with Crippen molar-refractivity contribution in [1.29, 1.82) is 0 Å². The third kappa shape index (κ3) is 1.15. The number of hydrogen-bond acceptors (Lipinski definition) is 3. The molecule has 0 radical (unpaired) electrons. The number of carbonyl (C=O) groups excluding carboxylic acids is 1. The van der Waals surface area contributed by atoms with E-state index in [1.807, 2.05) is 0 Å². The van der Waals surface area contributed by atoms with E-state index in [4.69, 9.17) is 0 Å². The molecular formula is C5H8O2S. The summed E-state index contributed by atoms with van der Waals surface area (Å²) in [6.07, 6.45) is 0.559. The number of rotatable bonds is 1. The van der Waals surface area contributed by atoms with Crippen molar-refractivity contribution >= 4 is 18.6 Å². The smallest absolute Gasteiger partial charge is 0.306 e. The minimum Gasteiger partial charge on any atom is -0.465 e. The van der Waals surface area contributed by atoms with Crippen LogP contribution in [-0.2, 0) is 9.53 Å². The number of esters is 1. The fraction of sp³-hybridized carbons (Fsp3) is 0.800. The van der Waals surface area contributed by atoms with Crippen LogP contribution in [0.5, 0.6) is 0 Å². The van der Waals surface area contributed by atoms with Gasteiger partial charge in [-0.1, -0.05) is 0 Å². The second-order valence-electron chi connectivity index (χ2n) is 1.94. The summed E-state index contributed by atoms with van der Waals surface area (Å²) < 4.78 is 4.67. The third-order valence-electron chi connectivity index (χ3n) is 1.19. The largest absolute Gasteiger partial charge is 0.465 e. The van der Waals surface area contributed by atoms with Crippen LogP contribution in [0.15, 0.2) is 0 Å². The zero-order valence-corrected chi connectivity index (χ0v) is 5.36. The topological polar surface area (TPSA) is 26.3 Å². The second-order valence-corrected chi connectivity index (χ2v) is 2.30. The van der Waals surface area contributed by atoms with Gasteiger partial charge >= 0.3 is 5.97 Å². The van der Waals surface area contributed by atoms with Gasteiger partial charge in [0.05, 0.1) is 13.0 Å². The quantitative estimate of drug-likeness (QED) is 0.415. The summed E-state index contributed by atoms with van der Waals surface area (Å²) >= 11 is 4.02. The van der Waals surface area contributed by atoms with Crippen molar-refractivity contribution in [2.24, 2.45) is 5.92 Å². The Kier molecular flexibility index (Phi) is 1.78. The Labute approximate surface area is 53.6 Å². The van der Waals surface area contributed by atoms with E-state index in [1.165, 1.54) is 0 Å². The highest BCUT2D eigenvalue weighted by Crippen LogP contribution is 2.14. The van der Waals surface area contributed by atoms with E-state index in [2.05, 4.69) is 17.4 Å². The van der Waals surface area contributed by atoms with Gasteiger partial charge in [-0.25, -0.2) is 0 Å². The van der Waals surface area contributed by atoms with Gasteiger partial charge in [0.15, 0.2) is 0 Å². The summed E-state index contributed by atoms with van der Waals surface area (Å²) in [6, 6.07) is 0. The lowest BCUT2D eigenvalue weighted by molar-refractivity contribution is -0.137. The summed E-state index contributed by atoms with van der Waals surface area (Å²) in [5.74, 6) is 1.04. The summed E-state index contributed by atoms with van der Waals surface area (Å²) in [5, 5.41) is 0. The zero-order chi connectivity index (χ0) is 5.98. The standard InChI is InChI=1S/C5H8O2S/c6-5-1-4(3-8)2-7-5/h4,8H,1-3H2/t4-/m1/s1. The maximum atomic E-state index is 10.4. The molecule has 3 heteroatoms. The number of hydrogen-bond donors (Lipinski definition) is 1. The van der Waals surface area contributed by atoms with Crippen molar-refractivity contribution in [2.45, 2.75) is 6.42 Å². The van der Waals surface area contributed by atoms with E-state index in [9.17, 15) is 4.79 Å². The van der Waals surface area contributed by atoms with Crippen LogP contribution in [0.25, 0.3) is 0 Å². The fourth-order valence-corrected chi connectivity index (χ4v) is 0.916. The molecule has 1 fully saturated rings. The molecule has 1 saturated heterocycles. The van der Waals surface area contributed by atoms with E-state index in [0.717, 1.165) is 5.75 Å². The molecule has 0 unspecified atom stereocenters. The lowest BCUT2D eigenvalue weighted by Gasteiger charge is -1.95. The average Bonchev–Trinajstić information content (AvgIpc) is 2.14. The van der Waals surface area contributed by atoms with Crippen LogP contribution < -0.4 is 0 Å². The van der Waals surface area contributed by atoms with Gasteiger partial charge in [-0.3, -0.25) is 4.79 Å². The molecule has 1 aliphatic rings. The van der Waals surface area contributed by atoms with Gasteiger partial charge in [0.1, 0.15) is 0 Å². The monoisotopic (exact) mass is 132 g/mol. The van der Waals surface area contributed by atoms with Gasteiger partial charge in [0, 0.05) is 5.92 Å². The Hall–Kier alpha value is -0.180. The first-order chi connectivity index (χ1) is 3.83. The van der Waals surface area contributed by atoms with Crippen LogP contribution in [0.4, 0.5) is 0 Å². The molecule has 0 aromatic rings. The molecule has 0 aromatic heterocycles. The van der Waals surface area contributed by atoms with Crippen molar-refractivity contribution in [3.05, 3.63) is 0 Å². The van der Waals surface area contributed by atoms with Crippen LogP contribution in [-0.4, -0.2) is 18.3 Å². The Balaban J connectivity index is 2.32. The molecule has 1 heterocycles.